The average molecular weight is 407 g/mol. The normalized spacial score (nSPS) is 12.0. The quantitative estimate of drug-likeness (QED) is 0.202. The van der Waals surface area contributed by atoms with E-state index in [1.807, 2.05) is 18.2 Å². The molecule has 0 aliphatic rings. The van der Waals surface area contributed by atoms with Crippen LogP contribution in [-0.2, 0) is 6.18 Å². The molecule has 1 heterocycles. The zero-order valence-corrected chi connectivity index (χ0v) is 15.5. The molecule has 2 aromatic carbocycles. The number of aromatic nitrogens is 1. The maximum Gasteiger partial charge on any atom is 0.416 e. The van der Waals surface area contributed by atoms with Crippen molar-refractivity contribution in [1.29, 1.82) is 5.26 Å². The number of benzene rings is 2. The van der Waals surface area contributed by atoms with Gasteiger partial charge < -0.3 is 9.88 Å². The number of aliphatic imine (C=N–C) groups is 1. The van der Waals surface area contributed by atoms with Gasteiger partial charge in [-0.1, -0.05) is 0 Å². The predicted molar refractivity (Wildman–Crippen MR) is 103 cm³/mol. The molecule has 0 fully saturated rings. The fourth-order valence-electron chi connectivity index (χ4n) is 2.35. The van der Waals surface area contributed by atoms with Gasteiger partial charge in [0, 0.05) is 12.7 Å². The molecule has 10 heteroatoms. The molecule has 0 aliphatic heterocycles. The second kappa shape index (κ2) is 7.38. The summed E-state index contributed by atoms with van der Waals surface area (Å²) in [7, 11) is 1.69. The van der Waals surface area contributed by atoms with E-state index in [2.05, 4.69) is 15.3 Å². The van der Waals surface area contributed by atoms with Gasteiger partial charge in [0.25, 0.3) is 0 Å². The van der Waals surface area contributed by atoms with Crippen LogP contribution >= 0.6 is 23.6 Å². The van der Waals surface area contributed by atoms with E-state index in [1.165, 1.54) is 23.5 Å². The minimum Gasteiger partial charge on any atom is -0.337 e. The number of rotatable bonds is 2. The number of nitriles is 1. The van der Waals surface area contributed by atoms with E-state index >= 15 is 0 Å². The van der Waals surface area contributed by atoms with Crippen LogP contribution in [0.3, 0.4) is 0 Å². The molecular formula is C17H12F3N5S2. The van der Waals surface area contributed by atoms with Crippen LogP contribution in [0.2, 0.25) is 0 Å². The summed E-state index contributed by atoms with van der Waals surface area (Å²) < 4.78 is 39.6. The molecule has 27 heavy (non-hydrogen) atoms. The summed E-state index contributed by atoms with van der Waals surface area (Å²) in [4.78, 5) is 8.94. The zero-order chi connectivity index (χ0) is 19.6. The van der Waals surface area contributed by atoms with Gasteiger partial charge in [-0.3, -0.25) is 5.32 Å². The average Bonchev–Trinajstić information content (AvgIpc) is 2.99. The molecule has 0 aliphatic carbocycles. The highest BCUT2D eigenvalue weighted by Gasteiger charge is 2.29. The molecule has 5 nitrogen and oxygen atoms in total. The van der Waals surface area contributed by atoms with E-state index in [1.54, 1.807) is 18.1 Å². The second-order valence-electron chi connectivity index (χ2n) is 5.47. The lowest BCUT2D eigenvalue weighted by molar-refractivity contribution is -0.137. The third kappa shape index (κ3) is 4.27. The fraction of sp³-hybridized carbons (Fsp3) is 0.118. The highest BCUT2D eigenvalue weighted by atomic mass is 32.1. The molecule has 0 amide bonds. The van der Waals surface area contributed by atoms with Crippen LogP contribution < -0.4 is 10.2 Å². The summed E-state index contributed by atoms with van der Waals surface area (Å²) in [5.41, 5.74) is 1.16. The van der Waals surface area contributed by atoms with Crippen molar-refractivity contribution in [3.05, 3.63) is 52.0 Å². The van der Waals surface area contributed by atoms with Crippen molar-refractivity contribution in [2.24, 2.45) is 4.99 Å². The molecule has 1 aromatic heterocycles. The van der Waals surface area contributed by atoms with Gasteiger partial charge >= 0.3 is 6.18 Å². The monoisotopic (exact) mass is 407 g/mol. The highest BCUT2D eigenvalue weighted by Crippen LogP contribution is 2.30. The SMILES string of the molecule is CN(C(=Nc1ccc(C(F)(F)F)cc1)NC#N)c1ccc2[nH]c(=S)sc2c1. The molecule has 2 N–H and O–H groups in total. The van der Waals surface area contributed by atoms with Gasteiger partial charge in [-0.05, 0) is 54.7 Å². The minimum atomic E-state index is -4.41. The van der Waals surface area contributed by atoms with E-state index < -0.39 is 11.7 Å². The number of hydrogen-bond donors (Lipinski definition) is 2. The number of hydrogen-bond acceptors (Lipinski definition) is 4. The summed E-state index contributed by atoms with van der Waals surface area (Å²) in [5.74, 6) is 0.177. The van der Waals surface area contributed by atoms with Crippen LogP contribution in [0.15, 0.2) is 47.5 Å². The molecule has 138 valence electrons. The van der Waals surface area contributed by atoms with Gasteiger partial charge in [0.15, 0.2) is 10.1 Å². The Hall–Kier alpha value is -2.90. The Morgan fingerprint density at radius 3 is 2.59 bits per heavy atom. The molecule has 0 atom stereocenters. The standard InChI is InChI=1S/C17H12F3N5S2/c1-25(12-6-7-13-14(8-12)27-16(26)24-13)15(22-9-21)23-11-4-2-10(3-5-11)17(18,19)20/h2-8H,1H3,(H,22,23)(H,24,26). The summed E-state index contributed by atoms with van der Waals surface area (Å²) in [6.45, 7) is 0. The van der Waals surface area contributed by atoms with Gasteiger partial charge in [-0.25, -0.2) is 4.99 Å². The lowest BCUT2D eigenvalue weighted by Gasteiger charge is -2.20. The van der Waals surface area contributed by atoms with Gasteiger partial charge in [0.05, 0.1) is 21.5 Å². The number of fused-ring (bicyclic) bond motifs is 1. The lowest BCUT2D eigenvalue weighted by Crippen LogP contribution is -2.36. The topological polar surface area (TPSA) is 67.2 Å². The third-order valence-corrected chi connectivity index (χ3v) is 4.90. The molecule has 0 unspecified atom stereocenters. The van der Waals surface area contributed by atoms with Crippen molar-refractivity contribution < 1.29 is 13.2 Å². The first-order chi connectivity index (χ1) is 12.8. The number of guanidine groups is 1. The van der Waals surface area contributed by atoms with Crippen molar-refractivity contribution >= 4 is 51.1 Å². The zero-order valence-electron chi connectivity index (χ0n) is 13.8. The number of alkyl halides is 3. The molecular weight excluding hydrogens is 395 g/mol. The number of halogens is 3. The van der Waals surface area contributed by atoms with Gasteiger partial charge in [0.2, 0.25) is 5.96 Å². The Kier molecular flexibility index (Phi) is 5.16. The van der Waals surface area contributed by atoms with Crippen molar-refractivity contribution in [2.75, 3.05) is 11.9 Å². The fourth-order valence-corrected chi connectivity index (χ4v) is 3.50. The van der Waals surface area contributed by atoms with E-state index in [9.17, 15) is 13.2 Å². The number of anilines is 1. The molecule has 3 aromatic rings. The Morgan fingerprint density at radius 2 is 1.96 bits per heavy atom. The smallest absolute Gasteiger partial charge is 0.337 e. The molecule has 0 saturated heterocycles. The molecule has 0 saturated carbocycles. The Labute approximate surface area is 161 Å². The number of nitrogens with one attached hydrogen (secondary N) is 2. The third-order valence-electron chi connectivity index (χ3n) is 3.71. The Morgan fingerprint density at radius 1 is 1.26 bits per heavy atom. The van der Waals surface area contributed by atoms with Gasteiger partial charge in [-0.15, -0.1) is 11.3 Å². The number of nitrogens with zero attached hydrogens (tertiary/aromatic N) is 3. The lowest BCUT2D eigenvalue weighted by atomic mass is 10.2. The van der Waals surface area contributed by atoms with Crippen LogP contribution in [0.1, 0.15) is 5.56 Å². The number of thiazole rings is 1. The van der Waals surface area contributed by atoms with E-state index in [0.717, 1.165) is 28.0 Å². The first-order valence-electron chi connectivity index (χ1n) is 7.55. The van der Waals surface area contributed by atoms with E-state index in [4.69, 9.17) is 17.5 Å². The maximum atomic E-state index is 12.7. The van der Waals surface area contributed by atoms with Gasteiger partial charge in [0.1, 0.15) is 0 Å². The van der Waals surface area contributed by atoms with Crippen LogP contribution in [0.4, 0.5) is 24.5 Å². The van der Waals surface area contributed by atoms with Crippen LogP contribution in [0, 0.1) is 15.4 Å². The van der Waals surface area contributed by atoms with Crippen LogP contribution in [0.25, 0.3) is 10.2 Å². The second-order valence-corrected chi connectivity index (χ2v) is 7.19. The predicted octanol–water partition coefficient (Wildman–Crippen LogP) is 5.17. The largest absolute Gasteiger partial charge is 0.416 e. The van der Waals surface area contributed by atoms with Crippen molar-refractivity contribution in [1.82, 2.24) is 10.3 Å². The highest BCUT2D eigenvalue weighted by molar-refractivity contribution is 7.73. The summed E-state index contributed by atoms with van der Waals surface area (Å²) in [6, 6.07) is 9.95. The molecule has 0 spiro atoms. The van der Waals surface area contributed by atoms with E-state index in [-0.39, 0.29) is 11.6 Å². The first kappa shape index (κ1) is 18.9. The Balaban J connectivity index is 1.94. The summed E-state index contributed by atoms with van der Waals surface area (Å²) in [5, 5.41) is 11.5. The minimum absolute atomic E-state index is 0.177. The molecule has 3 rings (SSSR count). The van der Waals surface area contributed by atoms with Crippen molar-refractivity contribution in [3.8, 4) is 6.19 Å². The maximum absolute atomic E-state index is 12.7. The summed E-state index contributed by atoms with van der Waals surface area (Å²) >= 11 is 6.55. The van der Waals surface area contributed by atoms with Crippen molar-refractivity contribution in [3.63, 3.8) is 0 Å². The van der Waals surface area contributed by atoms with Gasteiger partial charge in [-0.2, -0.15) is 18.4 Å². The first-order valence-corrected chi connectivity index (χ1v) is 8.78. The number of H-pyrrole nitrogens is 1. The van der Waals surface area contributed by atoms with Crippen LogP contribution in [-0.4, -0.2) is 18.0 Å². The Bertz CT molecular complexity index is 1090. The number of aromatic amines is 1. The molecule has 0 radical (unpaired) electrons. The van der Waals surface area contributed by atoms with E-state index in [0.29, 0.717) is 3.95 Å². The molecule has 0 bridgehead atoms. The summed E-state index contributed by atoms with van der Waals surface area (Å²) in [6.07, 6.45) is -2.62. The van der Waals surface area contributed by atoms with Crippen LogP contribution in [0.5, 0.6) is 0 Å². The van der Waals surface area contributed by atoms with Crippen molar-refractivity contribution in [2.45, 2.75) is 6.18 Å².